The number of likely N-dealkylation sites (tertiary alicyclic amines) is 1. The summed E-state index contributed by atoms with van der Waals surface area (Å²) < 4.78 is 24.5. The zero-order valence-electron chi connectivity index (χ0n) is 15.8. The zero-order valence-corrected chi connectivity index (χ0v) is 15.8. The summed E-state index contributed by atoms with van der Waals surface area (Å²) in [5.74, 6) is -0.485. The van der Waals surface area contributed by atoms with E-state index in [1.54, 1.807) is 20.2 Å². The maximum Gasteiger partial charge on any atom is 0.248 e. The van der Waals surface area contributed by atoms with Gasteiger partial charge in [0.05, 0.1) is 37.5 Å². The fraction of sp³-hybridized carbons (Fsp3) is 0.632. The molecule has 0 aromatic carbocycles. The van der Waals surface area contributed by atoms with Crippen molar-refractivity contribution >= 4 is 11.8 Å². The number of fused-ring (bicyclic) bond motifs is 1. The number of halogens is 1. The number of carbonyl (C=O) groups excluding carboxylic acids is 2. The first-order chi connectivity index (χ1) is 12.9. The quantitative estimate of drug-likeness (QED) is 0.738. The molecule has 2 saturated heterocycles. The highest BCUT2D eigenvalue weighted by Crippen LogP contribution is 2.32. The lowest BCUT2D eigenvalue weighted by atomic mass is 9.99. The van der Waals surface area contributed by atoms with Gasteiger partial charge in [0.2, 0.25) is 11.8 Å². The summed E-state index contributed by atoms with van der Waals surface area (Å²) in [6.07, 6.45) is 3.68. The third kappa shape index (κ3) is 5.01. The molecule has 27 heavy (non-hydrogen) atoms. The standard InChI is InChI=1S/C19H26FN3O4/c1-22(2)19(25)12-26-11-15-5-6-16-17(27-15)7-8-23(16)18(24)9-14-4-3-13(20)10-21-14/h3-4,10,15-17H,5-9,11-12H2,1-2H3/t15-,16+,17+/m0/s1. The van der Waals surface area contributed by atoms with Crippen molar-refractivity contribution in [3.63, 3.8) is 0 Å². The molecule has 8 heteroatoms. The Morgan fingerprint density at radius 1 is 1.33 bits per heavy atom. The summed E-state index contributed by atoms with van der Waals surface area (Å²) in [5.41, 5.74) is 0.568. The van der Waals surface area contributed by atoms with E-state index >= 15 is 0 Å². The van der Waals surface area contributed by atoms with Gasteiger partial charge >= 0.3 is 0 Å². The summed E-state index contributed by atoms with van der Waals surface area (Å²) in [7, 11) is 3.39. The Morgan fingerprint density at radius 2 is 2.15 bits per heavy atom. The van der Waals surface area contributed by atoms with Crippen LogP contribution >= 0.6 is 0 Å². The average Bonchev–Trinajstić information content (AvgIpc) is 3.06. The first-order valence-electron chi connectivity index (χ1n) is 9.27. The fourth-order valence-electron chi connectivity index (χ4n) is 3.60. The molecular weight excluding hydrogens is 353 g/mol. The number of aromatic nitrogens is 1. The number of ether oxygens (including phenoxy) is 2. The second-order valence-corrected chi connectivity index (χ2v) is 7.26. The van der Waals surface area contributed by atoms with Crippen LogP contribution in [0.2, 0.25) is 0 Å². The van der Waals surface area contributed by atoms with Gasteiger partial charge in [-0.1, -0.05) is 0 Å². The molecule has 148 valence electrons. The van der Waals surface area contributed by atoms with E-state index in [0.717, 1.165) is 25.5 Å². The minimum Gasteiger partial charge on any atom is -0.370 e. The highest BCUT2D eigenvalue weighted by molar-refractivity contribution is 5.79. The van der Waals surface area contributed by atoms with Crippen LogP contribution in [0, 0.1) is 5.82 Å². The Bertz CT molecular complexity index is 667. The molecule has 3 heterocycles. The molecule has 0 N–H and O–H groups in total. The summed E-state index contributed by atoms with van der Waals surface area (Å²) >= 11 is 0. The van der Waals surface area contributed by atoms with Crippen molar-refractivity contribution in [2.24, 2.45) is 0 Å². The Labute approximate surface area is 158 Å². The molecule has 2 amide bonds. The number of nitrogens with zero attached hydrogens (tertiary/aromatic N) is 3. The number of hydrogen-bond donors (Lipinski definition) is 0. The van der Waals surface area contributed by atoms with Crippen LogP contribution in [0.25, 0.3) is 0 Å². The summed E-state index contributed by atoms with van der Waals surface area (Å²) in [5, 5.41) is 0. The van der Waals surface area contributed by atoms with Gasteiger partial charge in [0.1, 0.15) is 12.4 Å². The number of amides is 2. The third-order valence-corrected chi connectivity index (χ3v) is 5.11. The molecule has 0 bridgehead atoms. The third-order valence-electron chi connectivity index (χ3n) is 5.11. The van der Waals surface area contributed by atoms with Crippen molar-refractivity contribution < 1.29 is 23.5 Å². The Morgan fingerprint density at radius 3 is 2.85 bits per heavy atom. The maximum atomic E-state index is 12.9. The predicted molar refractivity (Wildman–Crippen MR) is 95.4 cm³/mol. The van der Waals surface area contributed by atoms with Crippen LogP contribution in [0.4, 0.5) is 4.39 Å². The topological polar surface area (TPSA) is 72.0 Å². The van der Waals surface area contributed by atoms with E-state index in [1.165, 1.54) is 11.0 Å². The summed E-state index contributed by atoms with van der Waals surface area (Å²) in [6.45, 7) is 1.09. The SMILES string of the molecule is CN(C)C(=O)COC[C@@H]1CC[C@@H]2[C@@H](CCN2C(=O)Cc2ccc(F)cn2)O1. The molecule has 0 spiro atoms. The molecule has 0 radical (unpaired) electrons. The number of rotatable bonds is 6. The number of likely N-dealkylation sites (N-methyl/N-ethyl adjacent to an activating group) is 1. The second kappa shape index (κ2) is 8.75. The van der Waals surface area contributed by atoms with Crippen LogP contribution in [-0.4, -0.2) is 78.7 Å². The van der Waals surface area contributed by atoms with Gasteiger partial charge in [-0.15, -0.1) is 0 Å². The minimum atomic E-state index is -0.409. The maximum absolute atomic E-state index is 12.9. The zero-order chi connectivity index (χ0) is 19.4. The predicted octanol–water partition coefficient (Wildman–Crippen LogP) is 1.02. The lowest BCUT2D eigenvalue weighted by Crippen LogP contribution is -2.46. The van der Waals surface area contributed by atoms with Gasteiger partial charge in [0, 0.05) is 26.3 Å². The molecule has 1 aromatic rings. The van der Waals surface area contributed by atoms with Crippen molar-refractivity contribution in [3.8, 4) is 0 Å². The molecule has 0 aliphatic carbocycles. The van der Waals surface area contributed by atoms with Crippen LogP contribution in [0.15, 0.2) is 18.3 Å². The molecule has 2 aliphatic rings. The van der Waals surface area contributed by atoms with E-state index in [-0.39, 0.29) is 43.1 Å². The smallest absolute Gasteiger partial charge is 0.248 e. The minimum absolute atomic E-state index is 0.00188. The second-order valence-electron chi connectivity index (χ2n) is 7.26. The molecule has 1 aromatic heterocycles. The molecule has 3 rings (SSSR count). The van der Waals surface area contributed by atoms with Gasteiger partial charge in [0.15, 0.2) is 0 Å². The van der Waals surface area contributed by atoms with Crippen LogP contribution in [0.3, 0.4) is 0 Å². The molecule has 7 nitrogen and oxygen atoms in total. The highest BCUT2D eigenvalue weighted by atomic mass is 19.1. The van der Waals surface area contributed by atoms with Crippen LogP contribution < -0.4 is 0 Å². The van der Waals surface area contributed by atoms with Gasteiger partial charge in [-0.05, 0) is 31.4 Å². The van der Waals surface area contributed by atoms with Gasteiger partial charge in [-0.25, -0.2) is 4.39 Å². The van der Waals surface area contributed by atoms with E-state index in [2.05, 4.69) is 4.98 Å². The highest BCUT2D eigenvalue weighted by Gasteiger charge is 2.41. The first-order valence-corrected chi connectivity index (χ1v) is 9.27. The van der Waals surface area contributed by atoms with Crippen LogP contribution in [-0.2, 0) is 25.5 Å². The molecular formula is C19H26FN3O4. The number of carbonyl (C=O) groups is 2. The van der Waals surface area contributed by atoms with Gasteiger partial charge in [-0.3, -0.25) is 14.6 Å². The van der Waals surface area contributed by atoms with Crippen molar-refractivity contribution in [2.75, 3.05) is 33.9 Å². The van der Waals surface area contributed by atoms with E-state index < -0.39 is 5.82 Å². The van der Waals surface area contributed by atoms with E-state index in [1.807, 2.05) is 4.90 Å². The van der Waals surface area contributed by atoms with Crippen molar-refractivity contribution in [2.45, 2.75) is 43.9 Å². The summed E-state index contributed by atoms with van der Waals surface area (Å²) in [4.78, 5) is 31.5. The molecule has 0 unspecified atom stereocenters. The number of hydrogen-bond acceptors (Lipinski definition) is 5. The lowest BCUT2D eigenvalue weighted by Gasteiger charge is -2.36. The lowest BCUT2D eigenvalue weighted by molar-refractivity contribution is -0.143. The van der Waals surface area contributed by atoms with Crippen molar-refractivity contribution in [3.05, 3.63) is 29.8 Å². The van der Waals surface area contributed by atoms with Crippen LogP contribution in [0.5, 0.6) is 0 Å². The Kier molecular flexibility index (Phi) is 6.38. The average molecular weight is 379 g/mol. The largest absolute Gasteiger partial charge is 0.370 e. The molecule has 2 fully saturated rings. The van der Waals surface area contributed by atoms with Crippen molar-refractivity contribution in [1.29, 1.82) is 0 Å². The Balaban J connectivity index is 1.46. The first kappa shape index (κ1) is 19.7. The summed E-state index contributed by atoms with van der Waals surface area (Å²) in [6, 6.07) is 2.93. The number of pyridine rings is 1. The monoisotopic (exact) mass is 379 g/mol. The van der Waals surface area contributed by atoms with Gasteiger partial charge < -0.3 is 19.3 Å². The van der Waals surface area contributed by atoms with Crippen LogP contribution in [0.1, 0.15) is 25.0 Å². The normalized spacial score (nSPS) is 24.6. The van der Waals surface area contributed by atoms with E-state index in [4.69, 9.17) is 9.47 Å². The van der Waals surface area contributed by atoms with E-state index in [0.29, 0.717) is 18.8 Å². The fourth-order valence-corrected chi connectivity index (χ4v) is 3.60. The van der Waals surface area contributed by atoms with E-state index in [9.17, 15) is 14.0 Å². The van der Waals surface area contributed by atoms with Gasteiger partial charge in [0.25, 0.3) is 0 Å². The van der Waals surface area contributed by atoms with Crippen molar-refractivity contribution in [1.82, 2.24) is 14.8 Å². The molecule has 2 aliphatic heterocycles. The Hall–Kier alpha value is -2.06. The molecule has 3 atom stereocenters. The molecule has 0 saturated carbocycles. The van der Waals surface area contributed by atoms with Gasteiger partial charge in [-0.2, -0.15) is 0 Å².